The van der Waals surface area contributed by atoms with Crippen molar-refractivity contribution in [2.75, 3.05) is 19.0 Å². The Morgan fingerprint density at radius 3 is 2.65 bits per heavy atom. The molecule has 140 valence electrons. The summed E-state index contributed by atoms with van der Waals surface area (Å²) < 4.78 is 47.9. The number of carbonyl (C=O) groups is 2. The summed E-state index contributed by atoms with van der Waals surface area (Å²) in [4.78, 5) is 27.8. The van der Waals surface area contributed by atoms with Crippen molar-refractivity contribution in [3.05, 3.63) is 40.4 Å². The van der Waals surface area contributed by atoms with E-state index in [4.69, 9.17) is 9.47 Å². The molecule has 6 nitrogen and oxygen atoms in total. The highest BCUT2D eigenvalue weighted by molar-refractivity contribution is 7.14. The van der Waals surface area contributed by atoms with E-state index in [1.54, 1.807) is 12.3 Å². The van der Waals surface area contributed by atoms with Gasteiger partial charge in [0.2, 0.25) is 0 Å². The van der Waals surface area contributed by atoms with Crippen molar-refractivity contribution < 1.29 is 32.2 Å². The van der Waals surface area contributed by atoms with Crippen molar-refractivity contribution >= 4 is 28.3 Å². The number of carbonyl (C=O) groups excluding carboxylic acids is 2. The molecule has 0 saturated heterocycles. The molecule has 26 heavy (non-hydrogen) atoms. The molecule has 0 atom stereocenters. The Balaban J connectivity index is 2.13. The maximum atomic E-state index is 12.7. The Kier molecular flexibility index (Phi) is 6.19. The fourth-order valence-corrected chi connectivity index (χ4v) is 2.73. The van der Waals surface area contributed by atoms with Crippen LogP contribution in [-0.2, 0) is 22.1 Å². The van der Waals surface area contributed by atoms with Crippen LogP contribution in [0.4, 0.5) is 18.3 Å². The molecule has 1 heterocycles. The lowest BCUT2D eigenvalue weighted by atomic mass is 10.1. The Morgan fingerprint density at radius 1 is 1.31 bits per heavy atom. The predicted molar refractivity (Wildman–Crippen MR) is 88.4 cm³/mol. The van der Waals surface area contributed by atoms with Gasteiger partial charge in [0.1, 0.15) is 5.75 Å². The topological polar surface area (TPSA) is 77.5 Å². The van der Waals surface area contributed by atoms with Gasteiger partial charge >= 0.3 is 12.1 Å². The highest BCUT2D eigenvalue weighted by atomic mass is 32.1. The van der Waals surface area contributed by atoms with Gasteiger partial charge in [0.05, 0.1) is 37.0 Å². The average Bonchev–Trinajstić information content (AvgIpc) is 3.00. The maximum absolute atomic E-state index is 12.7. The highest BCUT2D eigenvalue weighted by Crippen LogP contribution is 2.33. The van der Waals surface area contributed by atoms with E-state index in [9.17, 15) is 22.8 Å². The number of esters is 1. The number of anilines is 1. The molecule has 1 N–H and O–H groups in total. The van der Waals surface area contributed by atoms with Crippen LogP contribution < -0.4 is 10.1 Å². The van der Waals surface area contributed by atoms with Crippen molar-refractivity contribution in [2.45, 2.75) is 19.5 Å². The standard InChI is InChI=1S/C16H15F3N2O4S/c1-3-25-13(22)7-10-8-26-15(20-10)21-14(23)11-5-4-9(16(17,18)19)6-12(11)24-2/h4-6,8H,3,7H2,1-2H3,(H,20,21,23). The number of nitrogens with one attached hydrogen (secondary N) is 1. The summed E-state index contributed by atoms with van der Waals surface area (Å²) >= 11 is 1.08. The summed E-state index contributed by atoms with van der Waals surface area (Å²) in [7, 11) is 1.17. The van der Waals surface area contributed by atoms with Gasteiger partial charge in [-0.1, -0.05) is 0 Å². The lowest BCUT2D eigenvalue weighted by Crippen LogP contribution is -2.14. The van der Waals surface area contributed by atoms with Crippen LogP contribution in [0.3, 0.4) is 0 Å². The van der Waals surface area contributed by atoms with Gasteiger partial charge in [-0.25, -0.2) is 4.98 Å². The van der Waals surface area contributed by atoms with Gasteiger partial charge in [0.15, 0.2) is 5.13 Å². The molecule has 2 aromatic rings. The first kappa shape index (κ1) is 19.7. The average molecular weight is 388 g/mol. The Hall–Kier alpha value is -2.62. The molecule has 0 unspecified atom stereocenters. The van der Waals surface area contributed by atoms with Gasteiger partial charge in [-0.3, -0.25) is 14.9 Å². The van der Waals surface area contributed by atoms with Crippen molar-refractivity contribution in [2.24, 2.45) is 0 Å². The van der Waals surface area contributed by atoms with Gasteiger partial charge in [-0.15, -0.1) is 11.3 Å². The van der Waals surface area contributed by atoms with E-state index < -0.39 is 23.6 Å². The predicted octanol–water partition coefficient (Wildman–Crippen LogP) is 3.53. The Morgan fingerprint density at radius 2 is 2.04 bits per heavy atom. The Bertz CT molecular complexity index is 805. The summed E-state index contributed by atoms with van der Waals surface area (Å²) in [5.41, 5.74) is -0.567. The molecule has 10 heteroatoms. The number of rotatable bonds is 6. The van der Waals surface area contributed by atoms with E-state index in [1.165, 1.54) is 7.11 Å². The number of alkyl halides is 3. The number of methoxy groups -OCH3 is 1. The Labute approximate surface area is 150 Å². The van der Waals surface area contributed by atoms with E-state index in [-0.39, 0.29) is 29.5 Å². The molecular formula is C16H15F3N2O4S. The zero-order valence-electron chi connectivity index (χ0n) is 13.8. The quantitative estimate of drug-likeness (QED) is 0.766. The third kappa shape index (κ3) is 4.94. The van der Waals surface area contributed by atoms with E-state index in [0.717, 1.165) is 29.5 Å². The maximum Gasteiger partial charge on any atom is 0.416 e. The molecule has 2 rings (SSSR count). The molecule has 0 bridgehead atoms. The lowest BCUT2D eigenvalue weighted by molar-refractivity contribution is -0.142. The van der Waals surface area contributed by atoms with Crippen molar-refractivity contribution in [1.82, 2.24) is 4.98 Å². The van der Waals surface area contributed by atoms with E-state index in [1.807, 2.05) is 0 Å². The number of amides is 1. The zero-order chi connectivity index (χ0) is 19.3. The molecular weight excluding hydrogens is 373 g/mol. The number of thiazole rings is 1. The number of nitrogens with zero attached hydrogens (tertiary/aromatic N) is 1. The first-order valence-corrected chi connectivity index (χ1v) is 8.29. The molecule has 0 aliphatic carbocycles. The SMILES string of the molecule is CCOC(=O)Cc1csc(NC(=O)c2ccc(C(F)(F)F)cc2OC)n1. The van der Waals surface area contributed by atoms with Gasteiger partial charge < -0.3 is 9.47 Å². The minimum atomic E-state index is -4.54. The fourth-order valence-electron chi connectivity index (χ4n) is 2.03. The van der Waals surface area contributed by atoms with Crippen molar-refractivity contribution in [1.29, 1.82) is 0 Å². The van der Waals surface area contributed by atoms with Gasteiger partial charge in [0.25, 0.3) is 5.91 Å². The molecule has 0 fully saturated rings. The van der Waals surface area contributed by atoms with Crippen LogP contribution in [0, 0.1) is 0 Å². The minimum absolute atomic E-state index is 0.0379. The number of hydrogen-bond acceptors (Lipinski definition) is 6. The second kappa shape index (κ2) is 8.17. The van der Waals surface area contributed by atoms with Gasteiger partial charge in [-0.2, -0.15) is 13.2 Å². The monoisotopic (exact) mass is 388 g/mol. The highest BCUT2D eigenvalue weighted by Gasteiger charge is 2.32. The molecule has 0 radical (unpaired) electrons. The molecule has 1 aromatic heterocycles. The van der Waals surface area contributed by atoms with Crippen molar-refractivity contribution in [3.8, 4) is 5.75 Å². The molecule has 1 amide bonds. The van der Waals surface area contributed by atoms with Crippen LogP contribution in [0.5, 0.6) is 5.75 Å². The molecule has 0 saturated carbocycles. The number of benzene rings is 1. The number of aromatic nitrogens is 1. The summed E-state index contributed by atoms with van der Waals surface area (Å²) in [6, 6.07) is 2.58. The number of halogens is 3. The van der Waals surface area contributed by atoms with Crippen LogP contribution in [0.2, 0.25) is 0 Å². The summed E-state index contributed by atoms with van der Waals surface area (Å²) in [5.74, 6) is -1.33. The molecule has 0 aliphatic rings. The largest absolute Gasteiger partial charge is 0.496 e. The third-order valence-corrected chi connectivity index (χ3v) is 3.98. The molecule has 1 aromatic carbocycles. The van der Waals surface area contributed by atoms with Gasteiger partial charge in [0, 0.05) is 5.38 Å². The van der Waals surface area contributed by atoms with Gasteiger partial charge in [-0.05, 0) is 25.1 Å². The number of hydrogen-bond donors (Lipinski definition) is 1. The molecule has 0 aliphatic heterocycles. The summed E-state index contributed by atoms with van der Waals surface area (Å²) in [6.45, 7) is 1.93. The van der Waals surface area contributed by atoms with E-state index in [2.05, 4.69) is 10.3 Å². The minimum Gasteiger partial charge on any atom is -0.496 e. The molecule has 0 spiro atoms. The fraction of sp³-hybridized carbons (Fsp3) is 0.312. The summed E-state index contributed by atoms with van der Waals surface area (Å²) in [6.07, 6.45) is -4.58. The smallest absolute Gasteiger partial charge is 0.416 e. The zero-order valence-corrected chi connectivity index (χ0v) is 14.7. The van der Waals surface area contributed by atoms with Crippen LogP contribution in [0.15, 0.2) is 23.6 Å². The van der Waals surface area contributed by atoms with Crippen molar-refractivity contribution in [3.63, 3.8) is 0 Å². The first-order valence-electron chi connectivity index (χ1n) is 7.41. The number of ether oxygens (including phenoxy) is 2. The first-order chi connectivity index (χ1) is 12.2. The van der Waals surface area contributed by atoms with Crippen LogP contribution in [-0.4, -0.2) is 30.6 Å². The normalized spacial score (nSPS) is 11.1. The van der Waals surface area contributed by atoms with Crippen LogP contribution in [0.25, 0.3) is 0 Å². The third-order valence-electron chi connectivity index (χ3n) is 3.18. The van der Waals surface area contributed by atoms with E-state index in [0.29, 0.717) is 5.69 Å². The van der Waals surface area contributed by atoms with Crippen LogP contribution in [0.1, 0.15) is 28.5 Å². The van der Waals surface area contributed by atoms with Crippen LogP contribution >= 0.6 is 11.3 Å². The summed E-state index contributed by atoms with van der Waals surface area (Å²) in [5, 5.41) is 4.26. The van der Waals surface area contributed by atoms with E-state index >= 15 is 0 Å². The lowest BCUT2D eigenvalue weighted by Gasteiger charge is -2.12. The second-order valence-corrected chi connectivity index (χ2v) is 5.85. The second-order valence-electron chi connectivity index (χ2n) is 4.99.